The summed E-state index contributed by atoms with van der Waals surface area (Å²) < 4.78 is 2.27. The van der Waals surface area contributed by atoms with Crippen molar-refractivity contribution < 1.29 is 4.79 Å². The van der Waals surface area contributed by atoms with E-state index in [1.165, 1.54) is 44.1 Å². The fourth-order valence-corrected chi connectivity index (χ4v) is 6.97. The number of likely N-dealkylation sites (tertiary alicyclic amines) is 1. The minimum Gasteiger partial charge on any atom is -0.320 e. The van der Waals surface area contributed by atoms with Crippen molar-refractivity contribution in [2.24, 2.45) is 5.73 Å². The van der Waals surface area contributed by atoms with Crippen LogP contribution >= 0.6 is 11.8 Å². The van der Waals surface area contributed by atoms with Crippen LogP contribution < -0.4 is 11.1 Å². The van der Waals surface area contributed by atoms with Crippen molar-refractivity contribution >= 4 is 34.7 Å². The van der Waals surface area contributed by atoms with Crippen molar-refractivity contribution in [1.82, 2.24) is 14.5 Å². The van der Waals surface area contributed by atoms with E-state index in [0.717, 1.165) is 42.7 Å². The highest BCUT2D eigenvalue weighted by Crippen LogP contribution is 2.44. The number of hydrogen-bond acceptors (Lipinski definition) is 5. The number of rotatable bonds is 8. The van der Waals surface area contributed by atoms with Crippen molar-refractivity contribution in [3.05, 3.63) is 60.2 Å². The molecule has 0 bridgehead atoms. The van der Waals surface area contributed by atoms with Gasteiger partial charge in [-0.25, -0.2) is 4.98 Å². The molecule has 2 fully saturated rings. The topological polar surface area (TPSA) is 76.2 Å². The normalized spacial score (nSPS) is 19.9. The summed E-state index contributed by atoms with van der Waals surface area (Å²) in [6.45, 7) is 2.10. The smallest absolute Gasteiger partial charge is 0.243 e. The Morgan fingerprint density at radius 3 is 2.43 bits per heavy atom. The van der Waals surface area contributed by atoms with Crippen molar-refractivity contribution in [2.75, 3.05) is 30.4 Å². The van der Waals surface area contributed by atoms with E-state index < -0.39 is 6.04 Å². The number of carbonyl (C=O) groups is 1. The monoisotopic (exact) mass is 519 g/mol. The summed E-state index contributed by atoms with van der Waals surface area (Å²) in [6.07, 6.45) is 12.5. The summed E-state index contributed by atoms with van der Waals surface area (Å²) in [7, 11) is 0. The molecule has 0 spiro atoms. The van der Waals surface area contributed by atoms with Gasteiger partial charge in [-0.1, -0.05) is 68.1 Å². The minimum atomic E-state index is -0.525. The average Bonchev–Trinajstić information content (AvgIpc) is 3.11. The van der Waals surface area contributed by atoms with Crippen LogP contribution in [0, 0.1) is 0 Å². The molecule has 1 aromatic heterocycles. The molecule has 1 saturated heterocycles. The van der Waals surface area contributed by atoms with E-state index >= 15 is 0 Å². The second-order valence-electron chi connectivity index (χ2n) is 10.7. The maximum absolute atomic E-state index is 12.9. The zero-order valence-corrected chi connectivity index (χ0v) is 22.9. The SMILES string of the molecule is CSCC[C@H](N)C(=O)Nc1nc2ccccc2n1C1CCN(C2(c3ccccc3)CCCCCC2)CC1. The predicted octanol–water partition coefficient (Wildman–Crippen LogP) is 5.94. The predicted molar refractivity (Wildman–Crippen MR) is 155 cm³/mol. The molecule has 1 aliphatic carbocycles. The summed E-state index contributed by atoms with van der Waals surface area (Å²) in [5, 5.41) is 3.09. The van der Waals surface area contributed by atoms with Gasteiger partial charge in [-0.3, -0.25) is 15.0 Å². The molecule has 2 aliphatic rings. The number of hydrogen-bond donors (Lipinski definition) is 2. The molecule has 6 nitrogen and oxygen atoms in total. The fraction of sp³-hybridized carbons (Fsp3) is 0.533. The van der Waals surface area contributed by atoms with Crippen LogP contribution in [0.3, 0.4) is 0 Å². The lowest BCUT2D eigenvalue weighted by atomic mass is 9.79. The molecule has 2 aromatic carbocycles. The number of benzene rings is 2. The molecule has 1 atom stereocenters. The number of nitrogens with two attached hydrogens (primary N) is 1. The third-order valence-corrected chi connectivity index (χ3v) is 9.12. The van der Waals surface area contributed by atoms with Crippen molar-refractivity contribution in [3.8, 4) is 0 Å². The van der Waals surface area contributed by atoms with Crippen LogP contribution in [-0.4, -0.2) is 51.5 Å². The standard InChI is InChI=1S/C30H41N5OS/c1-37-22-17-25(31)28(36)33-29-32-26-13-7-8-14-27(26)35(29)24-15-20-34(21-16-24)30(18-9-2-3-10-19-30)23-11-5-4-6-12-23/h4-8,11-14,24-25H,2-3,9-10,15-22,31H2,1H3,(H,32,33,36)/t25-/m0/s1. The highest BCUT2D eigenvalue weighted by Gasteiger charge is 2.40. The zero-order valence-electron chi connectivity index (χ0n) is 22.1. The quantitative estimate of drug-likeness (QED) is 0.360. The largest absolute Gasteiger partial charge is 0.320 e. The van der Waals surface area contributed by atoms with Crippen LogP contribution in [0.5, 0.6) is 0 Å². The first-order valence-corrected chi connectivity index (χ1v) is 15.3. The molecule has 1 saturated carbocycles. The van der Waals surface area contributed by atoms with E-state index in [0.29, 0.717) is 18.4 Å². The summed E-state index contributed by atoms with van der Waals surface area (Å²) in [5.41, 5.74) is 9.81. The molecule has 7 heteroatoms. The van der Waals surface area contributed by atoms with Gasteiger partial charge < -0.3 is 10.3 Å². The van der Waals surface area contributed by atoms with Crippen molar-refractivity contribution in [1.29, 1.82) is 0 Å². The van der Waals surface area contributed by atoms with Gasteiger partial charge in [0.1, 0.15) is 0 Å². The van der Waals surface area contributed by atoms with Crippen LogP contribution in [0.25, 0.3) is 11.0 Å². The lowest BCUT2D eigenvalue weighted by Gasteiger charge is -2.48. The summed E-state index contributed by atoms with van der Waals surface area (Å²) in [4.78, 5) is 20.5. The first-order valence-electron chi connectivity index (χ1n) is 14.0. The number of piperidine rings is 1. The Labute approximate surface area is 225 Å². The van der Waals surface area contributed by atoms with Gasteiger partial charge in [0.15, 0.2) is 0 Å². The lowest BCUT2D eigenvalue weighted by molar-refractivity contribution is -0.117. The number of anilines is 1. The van der Waals surface area contributed by atoms with E-state index in [1.54, 1.807) is 11.8 Å². The van der Waals surface area contributed by atoms with Gasteiger partial charge in [-0.15, -0.1) is 0 Å². The molecule has 5 rings (SSSR count). The maximum Gasteiger partial charge on any atom is 0.243 e. The van der Waals surface area contributed by atoms with Crippen LogP contribution in [0.4, 0.5) is 5.95 Å². The molecule has 3 aromatic rings. The minimum absolute atomic E-state index is 0.140. The third kappa shape index (κ3) is 5.59. The summed E-state index contributed by atoms with van der Waals surface area (Å²) in [5.74, 6) is 1.35. The third-order valence-electron chi connectivity index (χ3n) is 8.48. The Kier molecular flexibility index (Phi) is 8.53. The summed E-state index contributed by atoms with van der Waals surface area (Å²) in [6, 6.07) is 19.2. The van der Waals surface area contributed by atoms with Crippen molar-refractivity contribution in [2.45, 2.75) is 75.4 Å². The molecule has 37 heavy (non-hydrogen) atoms. The van der Waals surface area contributed by atoms with E-state index in [4.69, 9.17) is 10.7 Å². The first kappa shape index (κ1) is 26.3. The fourth-order valence-electron chi connectivity index (χ4n) is 6.48. The number of imidazole rings is 1. The number of fused-ring (bicyclic) bond motifs is 1. The van der Waals surface area contributed by atoms with E-state index in [-0.39, 0.29) is 11.4 Å². The number of thioether (sulfide) groups is 1. The van der Waals surface area contributed by atoms with Crippen LogP contribution in [0.2, 0.25) is 0 Å². The molecular weight excluding hydrogens is 478 g/mol. The van der Waals surface area contributed by atoms with Gasteiger partial charge in [-0.05, 0) is 61.8 Å². The molecule has 0 unspecified atom stereocenters. The number of nitrogens with zero attached hydrogens (tertiary/aromatic N) is 3. The molecular formula is C30H41N5OS. The van der Waals surface area contributed by atoms with Crippen molar-refractivity contribution in [3.63, 3.8) is 0 Å². The molecule has 0 radical (unpaired) electrons. The second kappa shape index (κ2) is 12.0. The molecule has 1 amide bonds. The van der Waals surface area contributed by atoms with Gasteiger partial charge in [0.25, 0.3) is 0 Å². The van der Waals surface area contributed by atoms with Gasteiger partial charge in [0, 0.05) is 24.7 Å². The molecule has 1 aliphatic heterocycles. The number of aromatic nitrogens is 2. The van der Waals surface area contributed by atoms with Gasteiger partial charge in [0.2, 0.25) is 11.9 Å². The van der Waals surface area contributed by atoms with Crippen LogP contribution in [-0.2, 0) is 10.3 Å². The lowest BCUT2D eigenvalue weighted by Crippen LogP contribution is -2.50. The van der Waals surface area contributed by atoms with Crippen LogP contribution in [0.1, 0.15) is 69.4 Å². The molecule has 3 N–H and O–H groups in total. The zero-order chi connectivity index (χ0) is 25.7. The molecule has 2 heterocycles. The molecule has 198 valence electrons. The van der Waals surface area contributed by atoms with Gasteiger partial charge in [0.05, 0.1) is 17.1 Å². The van der Waals surface area contributed by atoms with Crippen LogP contribution in [0.15, 0.2) is 54.6 Å². The highest BCUT2D eigenvalue weighted by molar-refractivity contribution is 7.98. The Morgan fingerprint density at radius 2 is 1.73 bits per heavy atom. The first-order chi connectivity index (χ1) is 18.1. The van der Waals surface area contributed by atoms with E-state index in [9.17, 15) is 4.79 Å². The van der Waals surface area contributed by atoms with E-state index in [1.807, 2.05) is 18.4 Å². The Balaban J connectivity index is 1.38. The number of carbonyl (C=O) groups excluding carboxylic acids is 1. The average molecular weight is 520 g/mol. The Morgan fingerprint density at radius 1 is 1.05 bits per heavy atom. The number of nitrogens with one attached hydrogen (secondary N) is 1. The number of amides is 1. The van der Waals surface area contributed by atoms with Gasteiger partial charge >= 0.3 is 0 Å². The maximum atomic E-state index is 12.9. The Bertz CT molecular complexity index is 1160. The van der Waals surface area contributed by atoms with E-state index in [2.05, 4.69) is 57.2 Å². The summed E-state index contributed by atoms with van der Waals surface area (Å²) >= 11 is 1.71. The number of para-hydroxylation sites is 2. The van der Waals surface area contributed by atoms with Gasteiger partial charge in [-0.2, -0.15) is 11.8 Å². The second-order valence-corrected chi connectivity index (χ2v) is 11.7. The Hall–Kier alpha value is -2.35. The highest BCUT2D eigenvalue weighted by atomic mass is 32.2.